The van der Waals surface area contributed by atoms with Gasteiger partial charge in [0.1, 0.15) is 28.2 Å². The number of benzene rings is 3. The first-order valence-corrected chi connectivity index (χ1v) is 16.4. The van der Waals surface area contributed by atoms with Crippen LogP contribution in [-0.4, -0.2) is 59.5 Å². The number of methoxy groups -OCH3 is 5. The number of ketones is 1. The maximum atomic E-state index is 14.1. The quantitative estimate of drug-likeness (QED) is 0.0755. The van der Waals surface area contributed by atoms with E-state index in [9.17, 15) is 9.59 Å². The van der Waals surface area contributed by atoms with Crippen LogP contribution in [0, 0.1) is 6.92 Å². The largest absolute Gasteiger partial charge is 0.496 e. The lowest BCUT2D eigenvalue weighted by atomic mass is 10.1. The number of nitrogens with zero attached hydrogens (tertiary/aromatic N) is 1. The second-order valence-electron chi connectivity index (χ2n) is 10.7. The van der Waals surface area contributed by atoms with Crippen molar-refractivity contribution in [2.45, 2.75) is 13.3 Å². The average Bonchev–Trinajstić information content (AvgIpc) is 3.56. The van der Waals surface area contributed by atoms with Crippen LogP contribution in [0.15, 0.2) is 75.4 Å². The number of rotatable bonds is 16. The molecule has 0 spiro atoms. The second kappa shape index (κ2) is 16.6. The third kappa shape index (κ3) is 7.92. The Kier molecular flexibility index (Phi) is 11.8. The first kappa shape index (κ1) is 35.6. The number of hydrogen-bond acceptors (Lipinski definition) is 12. The van der Waals surface area contributed by atoms with Crippen molar-refractivity contribution in [1.29, 1.82) is 0 Å². The summed E-state index contributed by atoms with van der Waals surface area (Å²) in [5.74, 6) is 2.40. The Morgan fingerprint density at radius 1 is 0.800 bits per heavy atom. The van der Waals surface area contributed by atoms with Crippen LogP contribution in [0.2, 0.25) is 0 Å². The highest BCUT2D eigenvalue weighted by Gasteiger charge is 2.24. The number of carbonyl (C=O) groups excluding carboxylic acids is 1. The molecule has 11 nitrogen and oxygen atoms in total. The van der Waals surface area contributed by atoms with Crippen LogP contribution in [0.4, 0.5) is 0 Å². The van der Waals surface area contributed by atoms with Gasteiger partial charge in [-0.05, 0) is 49.4 Å². The fourth-order valence-electron chi connectivity index (χ4n) is 5.08. The van der Waals surface area contributed by atoms with Gasteiger partial charge in [-0.1, -0.05) is 18.2 Å². The molecule has 2 heterocycles. The lowest BCUT2D eigenvalue weighted by Gasteiger charge is -2.17. The highest BCUT2D eigenvalue weighted by Crippen LogP contribution is 2.44. The average molecular weight is 700 g/mol. The highest BCUT2D eigenvalue weighted by molar-refractivity contribution is 7.10. The zero-order chi connectivity index (χ0) is 35.6. The van der Waals surface area contributed by atoms with Crippen LogP contribution in [0.25, 0.3) is 34.4 Å². The Labute approximate surface area is 293 Å². The van der Waals surface area contributed by atoms with Crippen molar-refractivity contribution < 1.29 is 42.4 Å². The standard InChI is InChI=1S/C38H37NO10S/c1-23-33(50-22-39-23)15-14-26(40)13-12-24-10-7-8-11-28(24)47-16-9-17-48-38-35(41)34-29(43-3)20-27(42-2)21-30(34)49-36(38)25-18-31(44-4)37(46-6)32(19-25)45-5/h7-8,10-15,18-22H,9,16-17H2,1-6H3/b13-12+,15-14+. The third-order valence-electron chi connectivity index (χ3n) is 7.59. The molecule has 0 radical (unpaired) electrons. The normalized spacial score (nSPS) is 11.2. The van der Waals surface area contributed by atoms with E-state index in [1.54, 1.807) is 41.9 Å². The SMILES string of the molecule is COc1cc(OC)c2c(=O)c(OCCCOc3ccccc3/C=C/C(=O)/C=C/c3scnc3C)c(-c3cc(OC)c(OC)c(OC)c3)oc2c1. The molecule has 0 saturated carbocycles. The number of aryl methyl sites for hydroxylation is 1. The van der Waals surface area contributed by atoms with Crippen molar-refractivity contribution in [3.05, 3.63) is 92.6 Å². The molecule has 50 heavy (non-hydrogen) atoms. The van der Waals surface area contributed by atoms with Gasteiger partial charge in [0, 0.05) is 34.6 Å². The molecule has 5 aromatic rings. The van der Waals surface area contributed by atoms with Gasteiger partial charge >= 0.3 is 0 Å². The van der Waals surface area contributed by atoms with E-state index in [0.717, 1.165) is 16.1 Å². The molecule has 0 bridgehead atoms. The molecular weight excluding hydrogens is 662 g/mol. The Hall–Kier alpha value is -5.75. The summed E-state index contributed by atoms with van der Waals surface area (Å²) in [6, 6.07) is 14.0. The van der Waals surface area contributed by atoms with Gasteiger partial charge in [0.15, 0.2) is 23.0 Å². The van der Waals surface area contributed by atoms with Crippen LogP contribution < -0.4 is 38.6 Å². The summed E-state index contributed by atoms with van der Waals surface area (Å²) < 4.78 is 46.0. The number of para-hydroxylation sites is 1. The summed E-state index contributed by atoms with van der Waals surface area (Å²) in [5, 5.41) is 0.197. The Balaban J connectivity index is 1.37. The molecule has 0 N–H and O–H groups in total. The van der Waals surface area contributed by atoms with E-state index >= 15 is 0 Å². The van der Waals surface area contributed by atoms with Gasteiger partial charge in [-0.2, -0.15) is 0 Å². The molecular formula is C38H37NO10S. The van der Waals surface area contributed by atoms with E-state index in [1.165, 1.54) is 59.0 Å². The Morgan fingerprint density at radius 2 is 1.50 bits per heavy atom. The summed E-state index contributed by atoms with van der Waals surface area (Å²) >= 11 is 1.48. The van der Waals surface area contributed by atoms with E-state index in [-0.39, 0.29) is 47.2 Å². The third-order valence-corrected chi connectivity index (χ3v) is 8.49. The molecule has 5 rings (SSSR count). The minimum absolute atomic E-state index is 0.0290. The second-order valence-corrected chi connectivity index (χ2v) is 11.6. The molecule has 0 fully saturated rings. The fraction of sp³-hybridized carbons (Fsp3) is 0.237. The van der Waals surface area contributed by atoms with Crippen LogP contribution in [0.5, 0.6) is 40.2 Å². The molecule has 0 amide bonds. The maximum absolute atomic E-state index is 14.1. The van der Waals surface area contributed by atoms with Gasteiger partial charge < -0.3 is 37.6 Å². The summed E-state index contributed by atoms with van der Waals surface area (Å²) in [7, 11) is 7.47. The first-order chi connectivity index (χ1) is 24.3. The Morgan fingerprint density at radius 3 is 2.16 bits per heavy atom. The van der Waals surface area contributed by atoms with Crippen molar-refractivity contribution in [2.75, 3.05) is 48.8 Å². The molecule has 0 unspecified atom stereocenters. The zero-order valence-electron chi connectivity index (χ0n) is 28.6. The predicted molar refractivity (Wildman–Crippen MR) is 193 cm³/mol. The van der Waals surface area contributed by atoms with E-state index in [4.69, 9.17) is 37.6 Å². The van der Waals surface area contributed by atoms with E-state index in [2.05, 4.69) is 4.98 Å². The number of ether oxygens (including phenoxy) is 7. The van der Waals surface area contributed by atoms with Crippen molar-refractivity contribution in [3.8, 4) is 51.6 Å². The monoisotopic (exact) mass is 699 g/mol. The van der Waals surface area contributed by atoms with Gasteiger partial charge in [-0.15, -0.1) is 11.3 Å². The topological polar surface area (TPSA) is 125 Å². The first-order valence-electron chi connectivity index (χ1n) is 15.5. The summed E-state index contributed by atoms with van der Waals surface area (Å²) in [4.78, 5) is 31.7. The number of carbonyl (C=O) groups is 1. The van der Waals surface area contributed by atoms with Crippen LogP contribution in [0.1, 0.15) is 22.6 Å². The van der Waals surface area contributed by atoms with Crippen molar-refractivity contribution >= 4 is 40.2 Å². The minimum atomic E-state index is -0.435. The van der Waals surface area contributed by atoms with Crippen LogP contribution in [0.3, 0.4) is 0 Å². The molecule has 0 saturated heterocycles. The van der Waals surface area contributed by atoms with Gasteiger partial charge in [0.2, 0.25) is 16.9 Å². The van der Waals surface area contributed by atoms with Gasteiger partial charge in [-0.3, -0.25) is 9.59 Å². The molecule has 260 valence electrons. The van der Waals surface area contributed by atoms with Gasteiger partial charge in [0.05, 0.1) is 60.0 Å². The molecule has 12 heteroatoms. The summed E-state index contributed by atoms with van der Waals surface area (Å²) in [5.41, 5.74) is 3.63. The zero-order valence-corrected chi connectivity index (χ0v) is 29.4. The summed E-state index contributed by atoms with van der Waals surface area (Å²) in [6.07, 6.45) is 6.90. The molecule has 2 aromatic heterocycles. The number of thiazole rings is 1. The number of aromatic nitrogens is 1. The molecule has 0 atom stereocenters. The fourth-order valence-corrected chi connectivity index (χ4v) is 5.77. The van der Waals surface area contributed by atoms with Crippen LogP contribution >= 0.6 is 11.3 Å². The lowest BCUT2D eigenvalue weighted by Crippen LogP contribution is -2.14. The van der Waals surface area contributed by atoms with E-state index < -0.39 is 5.43 Å². The molecule has 0 aliphatic heterocycles. The summed E-state index contributed by atoms with van der Waals surface area (Å²) in [6.45, 7) is 2.28. The molecule has 3 aromatic carbocycles. The lowest BCUT2D eigenvalue weighted by molar-refractivity contribution is -0.110. The smallest absolute Gasteiger partial charge is 0.239 e. The van der Waals surface area contributed by atoms with Crippen molar-refractivity contribution in [3.63, 3.8) is 0 Å². The Bertz CT molecular complexity index is 2070. The number of fused-ring (bicyclic) bond motifs is 1. The highest BCUT2D eigenvalue weighted by atomic mass is 32.1. The van der Waals surface area contributed by atoms with Gasteiger partial charge in [-0.25, -0.2) is 4.98 Å². The minimum Gasteiger partial charge on any atom is -0.496 e. The number of hydrogen-bond donors (Lipinski definition) is 0. The predicted octanol–water partition coefficient (Wildman–Crippen LogP) is 7.41. The van der Waals surface area contributed by atoms with E-state index in [0.29, 0.717) is 40.7 Å². The van der Waals surface area contributed by atoms with Crippen molar-refractivity contribution in [2.24, 2.45) is 0 Å². The maximum Gasteiger partial charge on any atom is 0.239 e. The van der Waals surface area contributed by atoms with Crippen LogP contribution in [-0.2, 0) is 4.79 Å². The van der Waals surface area contributed by atoms with E-state index in [1.807, 2.05) is 31.2 Å². The number of allylic oxidation sites excluding steroid dienone is 2. The molecule has 0 aliphatic carbocycles. The van der Waals surface area contributed by atoms with Crippen molar-refractivity contribution in [1.82, 2.24) is 4.98 Å². The van der Waals surface area contributed by atoms with Gasteiger partial charge in [0.25, 0.3) is 0 Å². The molecule has 0 aliphatic rings.